The summed E-state index contributed by atoms with van der Waals surface area (Å²) >= 11 is 0. The Kier molecular flexibility index (Phi) is 8.82. The fourth-order valence-electron chi connectivity index (χ4n) is 2.08. The Bertz CT molecular complexity index is 399. The Balaban J connectivity index is 2.76. The van der Waals surface area contributed by atoms with Crippen molar-refractivity contribution in [3.63, 3.8) is 0 Å². The van der Waals surface area contributed by atoms with Gasteiger partial charge in [0.15, 0.2) is 11.5 Å². The molecular weight excluding hydrogens is 268 g/mol. The summed E-state index contributed by atoms with van der Waals surface area (Å²) in [5.41, 5.74) is 3.91. The van der Waals surface area contributed by atoms with E-state index in [1.54, 1.807) is 0 Å². The van der Waals surface area contributed by atoms with Crippen molar-refractivity contribution in [1.82, 2.24) is 5.43 Å². The molecule has 0 saturated carbocycles. The molecule has 0 aromatic heterocycles. The van der Waals surface area contributed by atoms with Crippen LogP contribution in [0.3, 0.4) is 0 Å². The van der Waals surface area contributed by atoms with Crippen LogP contribution in [0.1, 0.15) is 45.2 Å². The van der Waals surface area contributed by atoms with Crippen LogP contribution < -0.4 is 20.7 Å². The van der Waals surface area contributed by atoms with Crippen molar-refractivity contribution in [1.29, 1.82) is 0 Å². The minimum atomic E-state index is 0.0386. The van der Waals surface area contributed by atoms with Gasteiger partial charge in [-0.1, -0.05) is 13.0 Å². The first-order chi connectivity index (χ1) is 10.3. The van der Waals surface area contributed by atoms with Gasteiger partial charge in [-0.3, -0.25) is 11.3 Å². The van der Waals surface area contributed by atoms with Gasteiger partial charge in [0.05, 0.1) is 13.2 Å². The van der Waals surface area contributed by atoms with E-state index < -0.39 is 0 Å². The van der Waals surface area contributed by atoms with Gasteiger partial charge in [0.2, 0.25) is 0 Å². The molecular formula is C16H28N2O3. The average Bonchev–Trinajstić information content (AvgIpc) is 2.50. The predicted molar refractivity (Wildman–Crippen MR) is 84.6 cm³/mol. The van der Waals surface area contributed by atoms with Gasteiger partial charge >= 0.3 is 0 Å². The molecule has 0 amide bonds. The minimum absolute atomic E-state index is 0.0386. The van der Waals surface area contributed by atoms with Gasteiger partial charge in [0, 0.05) is 19.3 Å². The van der Waals surface area contributed by atoms with Crippen molar-refractivity contribution in [3.8, 4) is 11.5 Å². The molecule has 0 heterocycles. The van der Waals surface area contributed by atoms with E-state index in [2.05, 4.69) is 12.3 Å². The van der Waals surface area contributed by atoms with Crippen LogP contribution in [0.4, 0.5) is 0 Å². The third kappa shape index (κ3) is 5.91. The van der Waals surface area contributed by atoms with Crippen molar-refractivity contribution in [2.24, 2.45) is 5.84 Å². The van der Waals surface area contributed by atoms with Gasteiger partial charge in [0.1, 0.15) is 0 Å². The van der Waals surface area contributed by atoms with Crippen molar-refractivity contribution in [3.05, 3.63) is 23.8 Å². The Labute approximate surface area is 127 Å². The molecule has 1 aromatic carbocycles. The molecule has 0 aliphatic rings. The lowest BCUT2D eigenvalue weighted by Gasteiger charge is -2.19. The van der Waals surface area contributed by atoms with Crippen LogP contribution >= 0.6 is 0 Å². The summed E-state index contributed by atoms with van der Waals surface area (Å²) < 4.78 is 16.7. The molecule has 3 N–H and O–H groups in total. The van der Waals surface area contributed by atoms with Gasteiger partial charge in [-0.15, -0.1) is 0 Å². The first-order valence-electron chi connectivity index (χ1n) is 7.70. The second-order valence-corrected chi connectivity index (χ2v) is 4.69. The standard InChI is InChI=1S/C16H28N2O3/c1-4-10-19-11-9-14(18-17)13-7-8-15(20-5-2)16(12-13)21-6-3/h7-8,12,14,18H,4-6,9-11,17H2,1-3H3. The summed E-state index contributed by atoms with van der Waals surface area (Å²) in [5, 5.41) is 0. The Hall–Kier alpha value is -1.30. The van der Waals surface area contributed by atoms with Crippen molar-refractivity contribution in [2.45, 2.75) is 39.7 Å². The second kappa shape index (κ2) is 10.4. The summed E-state index contributed by atoms with van der Waals surface area (Å²) in [5.74, 6) is 7.18. The van der Waals surface area contributed by atoms with Gasteiger partial charge in [-0.2, -0.15) is 0 Å². The number of nitrogens with two attached hydrogens (primary N) is 1. The summed E-state index contributed by atoms with van der Waals surface area (Å²) in [4.78, 5) is 0. The zero-order valence-corrected chi connectivity index (χ0v) is 13.4. The number of ether oxygens (including phenoxy) is 3. The highest BCUT2D eigenvalue weighted by Crippen LogP contribution is 2.31. The van der Waals surface area contributed by atoms with Crippen LogP contribution in [0.15, 0.2) is 18.2 Å². The third-order valence-corrected chi connectivity index (χ3v) is 3.07. The highest BCUT2D eigenvalue weighted by molar-refractivity contribution is 5.44. The first kappa shape index (κ1) is 17.8. The molecule has 1 unspecified atom stereocenters. The number of hydrogen-bond donors (Lipinski definition) is 2. The number of nitrogens with one attached hydrogen (secondary N) is 1. The molecule has 0 aliphatic carbocycles. The van der Waals surface area contributed by atoms with Crippen LogP contribution in [-0.4, -0.2) is 26.4 Å². The van der Waals surface area contributed by atoms with Gasteiger partial charge in [-0.25, -0.2) is 0 Å². The lowest BCUT2D eigenvalue weighted by atomic mass is 10.0. The third-order valence-electron chi connectivity index (χ3n) is 3.07. The first-order valence-corrected chi connectivity index (χ1v) is 7.70. The molecule has 120 valence electrons. The summed E-state index contributed by atoms with van der Waals surface area (Å²) in [6, 6.07) is 5.97. The monoisotopic (exact) mass is 296 g/mol. The van der Waals surface area contributed by atoms with Crippen LogP contribution in [0, 0.1) is 0 Å². The van der Waals surface area contributed by atoms with Crippen LogP contribution in [0.5, 0.6) is 11.5 Å². The van der Waals surface area contributed by atoms with Crippen LogP contribution in [-0.2, 0) is 4.74 Å². The second-order valence-electron chi connectivity index (χ2n) is 4.69. The highest BCUT2D eigenvalue weighted by Gasteiger charge is 2.13. The smallest absolute Gasteiger partial charge is 0.161 e. The number of hydrogen-bond acceptors (Lipinski definition) is 5. The molecule has 1 atom stereocenters. The fraction of sp³-hybridized carbons (Fsp3) is 0.625. The van der Waals surface area contributed by atoms with E-state index >= 15 is 0 Å². The van der Waals surface area contributed by atoms with Crippen LogP contribution in [0.25, 0.3) is 0 Å². The number of hydrazine groups is 1. The molecule has 21 heavy (non-hydrogen) atoms. The van der Waals surface area contributed by atoms with Crippen LogP contribution in [0.2, 0.25) is 0 Å². The number of rotatable bonds is 11. The Morgan fingerprint density at radius 3 is 2.38 bits per heavy atom. The predicted octanol–water partition coefficient (Wildman–Crippen LogP) is 2.81. The molecule has 1 rings (SSSR count). The van der Waals surface area contributed by atoms with Gasteiger partial charge in [0.25, 0.3) is 0 Å². The summed E-state index contributed by atoms with van der Waals surface area (Å²) in [6.45, 7) is 8.69. The molecule has 1 aromatic rings. The Morgan fingerprint density at radius 2 is 1.76 bits per heavy atom. The van der Waals surface area contributed by atoms with E-state index in [1.807, 2.05) is 32.0 Å². The maximum Gasteiger partial charge on any atom is 0.161 e. The van der Waals surface area contributed by atoms with E-state index in [0.29, 0.717) is 19.8 Å². The molecule has 0 aliphatic heterocycles. The van der Waals surface area contributed by atoms with E-state index in [4.69, 9.17) is 20.1 Å². The maximum absolute atomic E-state index is 5.66. The number of benzene rings is 1. The molecule has 0 radical (unpaired) electrons. The molecule has 0 saturated heterocycles. The van der Waals surface area contributed by atoms with Crippen molar-refractivity contribution in [2.75, 3.05) is 26.4 Å². The lowest BCUT2D eigenvalue weighted by Crippen LogP contribution is -2.29. The van der Waals surface area contributed by atoms with Crippen molar-refractivity contribution >= 4 is 0 Å². The van der Waals surface area contributed by atoms with E-state index in [1.165, 1.54) is 0 Å². The highest BCUT2D eigenvalue weighted by atomic mass is 16.5. The summed E-state index contributed by atoms with van der Waals surface area (Å²) in [6.07, 6.45) is 1.84. The zero-order valence-electron chi connectivity index (χ0n) is 13.4. The average molecular weight is 296 g/mol. The topological polar surface area (TPSA) is 65.7 Å². The largest absolute Gasteiger partial charge is 0.490 e. The molecule has 0 fully saturated rings. The van der Waals surface area contributed by atoms with E-state index in [-0.39, 0.29) is 6.04 Å². The zero-order chi connectivity index (χ0) is 15.5. The summed E-state index contributed by atoms with van der Waals surface area (Å²) in [7, 11) is 0. The van der Waals surface area contributed by atoms with E-state index in [9.17, 15) is 0 Å². The SMILES string of the molecule is CCCOCCC(NN)c1ccc(OCC)c(OCC)c1. The lowest BCUT2D eigenvalue weighted by molar-refractivity contribution is 0.124. The fourth-order valence-corrected chi connectivity index (χ4v) is 2.08. The normalized spacial score (nSPS) is 12.2. The van der Waals surface area contributed by atoms with E-state index in [0.717, 1.165) is 36.5 Å². The van der Waals surface area contributed by atoms with Gasteiger partial charge < -0.3 is 14.2 Å². The molecule has 0 spiro atoms. The molecule has 5 nitrogen and oxygen atoms in total. The molecule has 0 bridgehead atoms. The van der Waals surface area contributed by atoms with Gasteiger partial charge in [-0.05, 0) is 44.4 Å². The Morgan fingerprint density at radius 1 is 1.05 bits per heavy atom. The van der Waals surface area contributed by atoms with Crippen molar-refractivity contribution < 1.29 is 14.2 Å². The molecule has 5 heteroatoms. The quantitative estimate of drug-likeness (QED) is 0.373. The maximum atomic E-state index is 5.66. The minimum Gasteiger partial charge on any atom is -0.490 e.